The molecule has 0 saturated heterocycles. The molecule has 0 unspecified atom stereocenters. The van der Waals surface area contributed by atoms with Gasteiger partial charge in [0.1, 0.15) is 5.75 Å². The fourth-order valence-electron chi connectivity index (χ4n) is 2.98. The van der Waals surface area contributed by atoms with Crippen molar-refractivity contribution in [3.05, 3.63) is 89.2 Å². The Labute approximate surface area is 174 Å². The van der Waals surface area contributed by atoms with Gasteiger partial charge >= 0.3 is 0 Å². The highest BCUT2D eigenvalue weighted by molar-refractivity contribution is 6.04. The third-order valence-corrected chi connectivity index (χ3v) is 4.50. The molecule has 2 aromatic carbocycles. The molecular weight excluding hydrogens is 378 g/mol. The molecule has 7 nitrogen and oxygen atoms in total. The van der Waals surface area contributed by atoms with Gasteiger partial charge in [-0.05, 0) is 69.3 Å². The number of aromatic nitrogens is 4. The van der Waals surface area contributed by atoms with Gasteiger partial charge in [-0.15, -0.1) is 10.2 Å². The van der Waals surface area contributed by atoms with Crippen LogP contribution in [0.3, 0.4) is 0 Å². The second kappa shape index (κ2) is 8.16. The topological polar surface area (TPSA) is 81.9 Å². The SMILES string of the molecule is Cc1ccc(C(=O)Nc2ccc(Oc3ccc(-n4nc(C)cc4C)nn3)cc2)cc1. The van der Waals surface area contributed by atoms with E-state index in [9.17, 15) is 4.79 Å². The van der Waals surface area contributed by atoms with E-state index in [0.29, 0.717) is 28.7 Å². The molecule has 0 aliphatic rings. The normalized spacial score (nSPS) is 10.6. The van der Waals surface area contributed by atoms with Crippen LogP contribution in [0.5, 0.6) is 11.6 Å². The molecule has 150 valence electrons. The van der Waals surface area contributed by atoms with Crippen molar-refractivity contribution < 1.29 is 9.53 Å². The summed E-state index contributed by atoms with van der Waals surface area (Å²) in [5, 5.41) is 15.6. The Hall–Kier alpha value is -4.00. The van der Waals surface area contributed by atoms with E-state index < -0.39 is 0 Å². The minimum Gasteiger partial charge on any atom is -0.438 e. The van der Waals surface area contributed by atoms with Gasteiger partial charge in [-0.2, -0.15) is 5.10 Å². The van der Waals surface area contributed by atoms with E-state index in [0.717, 1.165) is 17.0 Å². The quantitative estimate of drug-likeness (QED) is 0.529. The molecule has 0 spiro atoms. The van der Waals surface area contributed by atoms with Crippen LogP contribution in [0.25, 0.3) is 5.82 Å². The van der Waals surface area contributed by atoms with E-state index in [-0.39, 0.29) is 5.91 Å². The molecule has 2 aromatic heterocycles. The summed E-state index contributed by atoms with van der Waals surface area (Å²) in [7, 11) is 0. The highest BCUT2D eigenvalue weighted by atomic mass is 16.5. The number of hydrogen-bond donors (Lipinski definition) is 1. The predicted octanol–water partition coefficient (Wildman–Crippen LogP) is 4.63. The molecule has 0 atom stereocenters. The molecular formula is C23H21N5O2. The standard InChI is InChI=1S/C23H21N5O2/c1-15-4-6-18(7-5-15)23(29)24-19-8-10-20(11-9-19)30-22-13-12-21(25-26-22)28-17(3)14-16(2)27-28/h4-14H,1-3H3,(H,24,29). The van der Waals surface area contributed by atoms with E-state index in [1.165, 1.54) is 0 Å². The van der Waals surface area contributed by atoms with Gasteiger partial charge < -0.3 is 10.1 Å². The van der Waals surface area contributed by atoms with Crippen molar-refractivity contribution in [2.45, 2.75) is 20.8 Å². The molecule has 2 heterocycles. The number of anilines is 1. The van der Waals surface area contributed by atoms with Gasteiger partial charge in [-0.1, -0.05) is 17.7 Å². The van der Waals surface area contributed by atoms with Crippen LogP contribution in [0, 0.1) is 20.8 Å². The molecule has 0 aliphatic heterocycles. The minimum atomic E-state index is -0.158. The van der Waals surface area contributed by atoms with Crippen LogP contribution in [0.15, 0.2) is 66.7 Å². The second-order valence-corrected chi connectivity index (χ2v) is 7.02. The van der Waals surface area contributed by atoms with E-state index >= 15 is 0 Å². The van der Waals surface area contributed by atoms with E-state index in [4.69, 9.17) is 4.74 Å². The lowest BCUT2D eigenvalue weighted by atomic mass is 10.1. The molecule has 4 aromatic rings. The van der Waals surface area contributed by atoms with Crippen molar-refractivity contribution in [2.24, 2.45) is 0 Å². The van der Waals surface area contributed by atoms with Gasteiger partial charge in [0.25, 0.3) is 5.91 Å². The number of nitrogens with zero attached hydrogens (tertiary/aromatic N) is 4. The van der Waals surface area contributed by atoms with Crippen molar-refractivity contribution in [1.82, 2.24) is 20.0 Å². The number of aryl methyl sites for hydroxylation is 3. The summed E-state index contributed by atoms with van der Waals surface area (Å²) in [5.74, 6) is 1.43. The average molecular weight is 399 g/mol. The van der Waals surface area contributed by atoms with Crippen molar-refractivity contribution in [3.63, 3.8) is 0 Å². The van der Waals surface area contributed by atoms with Gasteiger partial charge in [-0.3, -0.25) is 4.79 Å². The van der Waals surface area contributed by atoms with Gasteiger partial charge in [0.2, 0.25) is 5.88 Å². The van der Waals surface area contributed by atoms with Crippen LogP contribution in [0.4, 0.5) is 5.69 Å². The fraction of sp³-hybridized carbons (Fsp3) is 0.130. The Balaban J connectivity index is 1.40. The summed E-state index contributed by atoms with van der Waals surface area (Å²) in [6.45, 7) is 5.88. The summed E-state index contributed by atoms with van der Waals surface area (Å²) < 4.78 is 7.48. The second-order valence-electron chi connectivity index (χ2n) is 7.02. The first kappa shape index (κ1) is 19.3. The summed E-state index contributed by atoms with van der Waals surface area (Å²) in [5.41, 5.74) is 4.31. The third kappa shape index (κ3) is 4.35. The molecule has 1 N–H and O–H groups in total. The Morgan fingerprint density at radius 3 is 2.23 bits per heavy atom. The Morgan fingerprint density at radius 2 is 1.63 bits per heavy atom. The average Bonchev–Trinajstić information content (AvgIpc) is 3.08. The molecule has 4 rings (SSSR count). The fourth-order valence-corrected chi connectivity index (χ4v) is 2.98. The number of hydrogen-bond acceptors (Lipinski definition) is 5. The summed E-state index contributed by atoms with van der Waals surface area (Å²) in [6.07, 6.45) is 0. The molecule has 0 fully saturated rings. The Bertz CT molecular complexity index is 1160. The van der Waals surface area contributed by atoms with Crippen molar-refractivity contribution in [1.29, 1.82) is 0 Å². The largest absolute Gasteiger partial charge is 0.438 e. The van der Waals surface area contributed by atoms with Crippen LogP contribution >= 0.6 is 0 Å². The lowest BCUT2D eigenvalue weighted by Gasteiger charge is -2.08. The lowest BCUT2D eigenvalue weighted by molar-refractivity contribution is 0.102. The van der Waals surface area contributed by atoms with Gasteiger partial charge in [-0.25, -0.2) is 4.68 Å². The number of rotatable bonds is 5. The maximum atomic E-state index is 12.3. The van der Waals surface area contributed by atoms with Crippen LogP contribution in [0.1, 0.15) is 27.3 Å². The Kier molecular flexibility index (Phi) is 5.26. The summed E-state index contributed by atoms with van der Waals surface area (Å²) in [6, 6.07) is 20.0. The third-order valence-electron chi connectivity index (χ3n) is 4.50. The number of nitrogens with one attached hydrogen (secondary N) is 1. The first-order valence-electron chi connectivity index (χ1n) is 9.51. The van der Waals surface area contributed by atoms with Crippen LogP contribution in [0.2, 0.25) is 0 Å². The van der Waals surface area contributed by atoms with Gasteiger partial charge in [0.15, 0.2) is 5.82 Å². The maximum absolute atomic E-state index is 12.3. The van der Waals surface area contributed by atoms with Crippen LogP contribution in [-0.2, 0) is 0 Å². The molecule has 1 amide bonds. The highest BCUT2D eigenvalue weighted by Crippen LogP contribution is 2.22. The van der Waals surface area contributed by atoms with Gasteiger partial charge in [0.05, 0.1) is 5.69 Å². The Morgan fingerprint density at radius 1 is 0.900 bits per heavy atom. The van der Waals surface area contributed by atoms with E-state index in [1.54, 1.807) is 53.2 Å². The number of amides is 1. The summed E-state index contributed by atoms with van der Waals surface area (Å²) in [4.78, 5) is 12.3. The maximum Gasteiger partial charge on any atom is 0.255 e. The number of carbonyl (C=O) groups excluding carboxylic acids is 1. The minimum absolute atomic E-state index is 0.158. The van der Waals surface area contributed by atoms with Gasteiger partial charge in [0, 0.05) is 23.0 Å². The molecule has 0 saturated carbocycles. The first-order chi connectivity index (χ1) is 14.5. The molecule has 0 aliphatic carbocycles. The van der Waals surface area contributed by atoms with E-state index in [1.807, 2.05) is 39.0 Å². The molecule has 30 heavy (non-hydrogen) atoms. The summed E-state index contributed by atoms with van der Waals surface area (Å²) >= 11 is 0. The lowest BCUT2D eigenvalue weighted by Crippen LogP contribution is -2.11. The van der Waals surface area contributed by atoms with Crippen molar-refractivity contribution in [2.75, 3.05) is 5.32 Å². The predicted molar refractivity (Wildman–Crippen MR) is 114 cm³/mol. The van der Waals surface area contributed by atoms with Crippen LogP contribution < -0.4 is 10.1 Å². The van der Waals surface area contributed by atoms with Crippen LogP contribution in [-0.4, -0.2) is 25.9 Å². The molecule has 0 bridgehead atoms. The van der Waals surface area contributed by atoms with Crippen molar-refractivity contribution >= 4 is 11.6 Å². The zero-order chi connectivity index (χ0) is 21.1. The van der Waals surface area contributed by atoms with E-state index in [2.05, 4.69) is 20.6 Å². The van der Waals surface area contributed by atoms with Crippen molar-refractivity contribution in [3.8, 4) is 17.4 Å². The monoisotopic (exact) mass is 399 g/mol. The number of carbonyl (C=O) groups is 1. The zero-order valence-corrected chi connectivity index (χ0v) is 17.0. The number of ether oxygens (including phenoxy) is 1. The molecule has 0 radical (unpaired) electrons. The molecule has 7 heteroatoms. The smallest absolute Gasteiger partial charge is 0.255 e. The first-order valence-corrected chi connectivity index (χ1v) is 9.51. The zero-order valence-electron chi connectivity index (χ0n) is 17.0. The number of benzene rings is 2. The highest BCUT2D eigenvalue weighted by Gasteiger charge is 2.08.